The van der Waals surface area contributed by atoms with E-state index < -0.39 is 0 Å². The lowest BCUT2D eigenvalue weighted by Crippen LogP contribution is -2.12. The maximum absolute atomic E-state index is 11.8. The summed E-state index contributed by atoms with van der Waals surface area (Å²) in [7, 11) is 1.72. The van der Waals surface area contributed by atoms with Crippen molar-refractivity contribution in [2.45, 2.75) is 6.42 Å². The van der Waals surface area contributed by atoms with Gasteiger partial charge in [0.1, 0.15) is 0 Å². The molecule has 5 nitrogen and oxygen atoms in total. The van der Waals surface area contributed by atoms with Crippen molar-refractivity contribution >= 4 is 11.6 Å². The summed E-state index contributed by atoms with van der Waals surface area (Å²) in [5, 5.41) is 0. The van der Waals surface area contributed by atoms with Gasteiger partial charge in [-0.3, -0.25) is 14.6 Å². The Kier molecular flexibility index (Phi) is 3.09. The Bertz CT molecular complexity index is 546. The van der Waals surface area contributed by atoms with Crippen molar-refractivity contribution in [3.63, 3.8) is 0 Å². The number of hydrogen-bond donors (Lipinski definition) is 0. The van der Waals surface area contributed by atoms with Crippen molar-refractivity contribution in [3.05, 3.63) is 48.3 Å². The Morgan fingerprint density at radius 1 is 1.18 bits per heavy atom. The maximum Gasteiger partial charge on any atom is 0.205 e. The van der Waals surface area contributed by atoms with Gasteiger partial charge >= 0.3 is 0 Å². The van der Waals surface area contributed by atoms with Crippen LogP contribution >= 0.6 is 0 Å². The molecule has 0 aliphatic heterocycles. The fourth-order valence-electron chi connectivity index (χ4n) is 1.50. The minimum Gasteiger partial charge on any atom is -0.332 e. The standard InChI is InChI=1S/C12H11N3O2/c1-15-7-6-14-12(15)11(17)8-10(16)9-2-4-13-5-3-9/h2-7H,8H2,1H3. The molecule has 2 aromatic heterocycles. The van der Waals surface area contributed by atoms with Crippen LogP contribution in [0.2, 0.25) is 0 Å². The van der Waals surface area contributed by atoms with E-state index in [1.807, 2.05) is 0 Å². The number of aryl methyl sites for hydroxylation is 1. The molecule has 0 saturated carbocycles. The largest absolute Gasteiger partial charge is 0.332 e. The third-order valence-corrected chi connectivity index (χ3v) is 2.39. The van der Waals surface area contributed by atoms with Crippen LogP contribution < -0.4 is 0 Å². The van der Waals surface area contributed by atoms with Gasteiger partial charge in [0.25, 0.3) is 0 Å². The average Bonchev–Trinajstić information content (AvgIpc) is 2.76. The highest BCUT2D eigenvalue weighted by Crippen LogP contribution is 2.06. The number of ketones is 2. The molecule has 0 fully saturated rings. The van der Waals surface area contributed by atoms with Crippen LogP contribution in [0.3, 0.4) is 0 Å². The first kappa shape index (κ1) is 11.2. The number of carbonyl (C=O) groups is 2. The third kappa shape index (κ3) is 2.44. The van der Waals surface area contributed by atoms with E-state index in [0.29, 0.717) is 11.4 Å². The van der Waals surface area contributed by atoms with Gasteiger partial charge in [-0.2, -0.15) is 0 Å². The fraction of sp³-hybridized carbons (Fsp3) is 0.167. The molecular weight excluding hydrogens is 218 g/mol. The second kappa shape index (κ2) is 4.69. The lowest BCUT2D eigenvalue weighted by Gasteiger charge is -2.00. The Morgan fingerprint density at radius 3 is 2.47 bits per heavy atom. The summed E-state index contributed by atoms with van der Waals surface area (Å²) < 4.78 is 1.60. The van der Waals surface area contributed by atoms with Crippen LogP contribution in [0, 0.1) is 0 Å². The maximum atomic E-state index is 11.8. The van der Waals surface area contributed by atoms with E-state index in [9.17, 15) is 9.59 Å². The van der Waals surface area contributed by atoms with E-state index in [4.69, 9.17) is 0 Å². The molecule has 2 rings (SSSR count). The van der Waals surface area contributed by atoms with Crippen molar-refractivity contribution in [1.29, 1.82) is 0 Å². The molecule has 5 heteroatoms. The average molecular weight is 229 g/mol. The summed E-state index contributed by atoms with van der Waals surface area (Å²) in [5.41, 5.74) is 0.488. The summed E-state index contributed by atoms with van der Waals surface area (Å²) in [6.45, 7) is 0. The molecule has 0 aromatic carbocycles. The number of pyridine rings is 1. The Labute approximate surface area is 98.1 Å². The molecule has 0 unspecified atom stereocenters. The minimum absolute atomic E-state index is 0.172. The zero-order valence-electron chi connectivity index (χ0n) is 9.33. The van der Waals surface area contributed by atoms with Crippen LogP contribution in [0.1, 0.15) is 27.4 Å². The van der Waals surface area contributed by atoms with E-state index in [2.05, 4.69) is 9.97 Å². The number of hydrogen-bond acceptors (Lipinski definition) is 4. The third-order valence-electron chi connectivity index (χ3n) is 2.39. The SMILES string of the molecule is Cn1ccnc1C(=O)CC(=O)c1ccncc1. The summed E-state index contributed by atoms with van der Waals surface area (Å²) in [5.74, 6) is -0.202. The molecule has 86 valence electrons. The number of rotatable bonds is 4. The number of aromatic nitrogens is 3. The predicted molar refractivity (Wildman–Crippen MR) is 60.7 cm³/mol. The monoisotopic (exact) mass is 229 g/mol. The van der Waals surface area contributed by atoms with Crippen LogP contribution in [-0.2, 0) is 7.05 Å². The zero-order chi connectivity index (χ0) is 12.3. The summed E-state index contributed by atoms with van der Waals surface area (Å²) >= 11 is 0. The molecule has 2 aromatic rings. The van der Waals surface area contributed by atoms with Crippen molar-refractivity contribution in [2.75, 3.05) is 0 Å². The molecule has 0 saturated heterocycles. The topological polar surface area (TPSA) is 64.8 Å². The van der Waals surface area contributed by atoms with E-state index in [1.165, 1.54) is 18.6 Å². The molecule has 0 radical (unpaired) electrons. The van der Waals surface area contributed by atoms with Gasteiger partial charge < -0.3 is 4.57 Å². The Balaban J connectivity index is 2.10. The van der Waals surface area contributed by atoms with E-state index in [1.54, 1.807) is 29.9 Å². The molecule has 0 aliphatic rings. The van der Waals surface area contributed by atoms with Crippen LogP contribution in [0.4, 0.5) is 0 Å². The van der Waals surface area contributed by atoms with E-state index in [0.717, 1.165) is 0 Å². The minimum atomic E-state index is -0.278. The molecule has 0 N–H and O–H groups in total. The Hall–Kier alpha value is -2.30. The number of Topliss-reactive ketones (excluding diaryl/α,β-unsaturated/α-hetero) is 2. The van der Waals surface area contributed by atoms with Crippen LogP contribution in [0.5, 0.6) is 0 Å². The van der Waals surface area contributed by atoms with Crippen LogP contribution in [-0.4, -0.2) is 26.1 Å². The highest BCUT2D eigenvalue weighted by atomic mass is 16.1. The summed E-state index contributed by atoms with van der Waals surface area (Å²) in [6, 6.07) is 3.18. The lowest BCUT2D eigenvalue weighted by molar-refractivity contribution is 0.0886. The van der Waals surface area contributed by atoms with Gasteiger partial charge in [0.15, 0.2) is 11.6 Å². The van der Waals surface area contributed by atoms with Gasteiger partial charge in [-0.1, -0.05) is 0 Å². The number of imidazole rings is 1. The van der Waals surface area contributed by atoms with Crippen LogP contribution in [0.15, 0.2) is 36.9 Å². The highest BCUT2D eigenvalue weighted by Gasteiger charge is 2.16. The Morgan fingerprint density at radius 2 is 1.88 bits per heavy atom. The smallest absolute Gasteiger partial charge is 0.205 e. The van der Waals surface area contributed by atoms with Crippen LogP contribution in [0.25, 0.3) is 0 Å². The molecule has 0 aliphatic carbocycles. The van der Waals surface area contributed by atoms with Gasteiger partial charge in [-0.15, -0.1) is 0 Å². The molecule has 0 atom stereocenters. The van der Waals surface area contributed by atoms with E-state index >= 15 is 0 Å². The molecule has 17 heavy (non-hydrogen) atoms. The lowest BCUT2D eigenvalue weighted by atomic mass is 10.1. The first-order valence-electron chi connectivity index (χ1n) is 5.12. The summed E-state index contributed by atoms with van der Waals surface area (Å²) in [6.07, 6.45) is 6.08. The number of carbonyl (C=O) groups excluding carboxylic acids is 2. The van der Waals surface area contributed by atoms with Gasteiger partial charge in [-0.25, -0.2) is 4.98 Å². The first-order valence-corrected chi connectivity index (χ1v) is 5.12. The van der Waals surface area contributed by atoms with Crippen molar-refractivity contribution in [1.82, 2.24) is 14.5 Å². The molecule has 0 amide bonds. The fourth-order valence-corrected chi connectivity index (χ4v) is 1.50. The second-order valence-corrected chi connectivity index (χ2v) is 3.62. The molecular formula is C12H11N3O2. The quantitative estimate of drug-likeness (QED) is 0.585. The highest BCUT2D eigenvalue weighted by molar-refractivity contribution is 6.12. The van der Waals surface area contributed by atoms with Gasteiger partial charge in [0, 0.05) is 37.4 Å². The molecule has 2 heterocycles. The van der Waals surface area contributed by atoms with Gasteiger partial charge in [0.05, 0.1) is 6.42 Å². The van der Waals surface area contributed by atoms with Crippen molar-refractivity contribution in [2.24, 2.45) is 7.05 Å². The summed E-state index contributed by atoms with van der Waals surface area (Å²) in [4.78, 5) is 31.3. The van der Waals surface area contributed by atoms with Gasteiger partial charge in [0.2, 0.25) is 5.78 Å². The van der Waals surface area contributed by atoms with Crippen molar-refractivity contribution in [3.8, 4) is 0 Å². The number of nitrogens with zero attached hydrogens (tertiary/aromatic N) is 3. The second-order valence-electron chi connectivity index (χ2n) is 3.62. The van der Waals surface area contributed by atoms with Crippen molar-refractivity contribution < 1.29 is 9.59 Å². The first-order chi connectivity index (χ1) is 8.18. The zero-order valence-corrected chi connectivity index (χ0v) is 9.33. The predicted octanol–water partition coefficient (Wildman–Crippen LogP) is 1.27. The van der Waals surface area contributed by atoms with Gasteiger partial charge in [-0.05, 0) is 12.1 Å². The van der Waals surface area contributed by atoms with E-state index in [-0.39, 0.29) is 18.0 Å². The normalized spacial score (nSPS) is 10.2. The molecule has 0 spiro atoms. The molecule has 0 bridgehead atoms.